The second-order valence-corrected chi connectivity index (χ2v) is 6.60. The van der Waals surface area contributed by atoms with E-state index in [1.54, 1.807) is 0 Å². The van der Waals surface area contributed by atoms with Gasteiger partial charge in [-0.1, -0.05) is 27.7 Å². The Balaban J connectivity index is 2.53. The number of carboxylic acid groups (broad SMARTS) is 1. The standard InChI is InChI=1S/C14H26N2O4/c1-10(13(2,3)4)9-15-12(19)16-14(11(17)18)5-7-20-8-6-14/h10H,5-9H2,1-4H3,(H,17,18)(H2,15,16,19). The zero-order valence-electron chi connectivity index (χ0n) is 12.8. The maximum absolute atomic E-state index is 11.9. The minimum atomic E-state index is -1.20. The number of nitrogens with one attached hydrogen (secondary N) is 2. The maximum Gasteiger partial charge on any atom is 0.329 e. The molecule has 1 unspecified atom stereocenters. The van der Waals surface area contributed by atoms with Gasteiger partial charge in [-0.2, -0.15) is 0 Å². The second kappa shape index (κ2) is 6.43. The first-order valence-corrected chi connectivity index (χ1v) is 7.04. The fourth-order valence-corrected chi connectivity index (χ4v) is 1.93. The van der Waals surface area contributed by atoms with Gasteiger partial charge in [-0.15, -0.1) is 0 Å². The average Bonchev–Trinajstić information content (AvgIpc) is 2.35. The van der Waals surface area contributed by atoms with Crippen LogP contribution >= 0.6 is 0 Å². The zero-order chi connectivity index (χ0) is 15.4. The lowest BCUT2D eigenvalue weighted by atomic mass is 9.82. The Hall–Kier alpha value is -1.30. The molecule has 1 saturated heterocycles. The molecule has 1 fully saturated rings. The minimum Gasteiger partial charge on any atom is -0.480 e. The molecule has 1 rings (SSSR count). The zero-order valence-corrected chi connectivity index (χ0v) is 12.8. The van der Waals surface area contributed by atoms with Crippen LogP contribution in [0.4, 0.5) is 4.79 Å². The van der Waals surface area contributed by atoms with Gasteiger partial charge >= 0.3 is 12.0 Å². The topological polar surface area (TPSA) is 87.7 Å². The van der Waals surface area contributed by atoms with E-state index < -0.39 is 17.5 Å². The predicted octanol–water partition coefficient (Wildman–Crippen LogP) is 1.60. The van der Waals surface area contributed by atoms with E-state index >= 15 is 0 Å². The molecule has 6 nitrogen and oxygen atoms in total. The van der Waals surface area contributed by atoms with Crippen molar-refractivity contribution in [2.75, 3.05) is 19.8 Å². The number of urea groups is 1. The van der Waals surface area contributed by atoms with Crippen LogP contribution in [-0.2, 0) is 9.53 Å². The maximum atomic E-state index is 11.9. The highest BCUT2D eigenvalue weighted by Crippen LogP contribution is 2.24. The van der Waals surface area contributed by atoms with Gasteiger partial charge in [-0.3, -0.25) is 0 Å². The molecule has 0 bridgehead atoms. The minimum absolute atomic E-state index is 0.0937. The molecule has 116 valence electrons. The molecule has 0 aromatic heterocycles. The van der Waals surface area contributed by atoms with E-state index in [-0.39, 0.29) is 5.41 Å². The lowest BCUT2D eigenvalue weighted by Crippen LogP contribution is -2.60. The number of rotatable bonds is 4. The van der Waals surface area contributed by atoms with Crippen LogP contribution < -0.4 is 10.6 Å². The van der Waals surface area contributed by atoms with E-state index in [4.69, 9.17) is 4.74 Å². The van der Waals surface area contributed by atoms with Crippen LogP contribution in [0, 0.1) is 11.3 Å². The average molecular weight is 286 g/mol. The summed E-state index contributed by atoms with van der Waals surface area (Å²) in [6.07, 6.45) is 0.592. The van der Waals surface area contributed by atoms with Gasteiger partial charge in [0, 0.05) is 32.6 Å². The second-order valence-electron chi connectivity index (χ2n) is 6.60. The number of carbonyl (C=O) groups is 2. The van der Waals surface area contributed by atoms with E-state index in [1.807, 2.05) is 0 Å². The third-order valence-electron chi connectivity index (χ3n) is 4.16. The summed E-state index contributed by atoms with van der Waals surface area (Å²) in [6, 6.07) is -0.426. The highest BCUT2D eigenvalue weighted by Gasteiger charge is 2.41. The quantitative estimate of drug-likeness (QED) is 0.732. The van der Waals surface area contributed by atoms with Crippen LogP contribution in [0.25, 0.3) is 0 Å². The number of aliphatic carboxylic acids is 1. The van der Waals surface area contributed by atoms with Gasteiger partial charge in [0.1, 0.15) is 5.54 Å². The van der Waals surface area contributed by atoms with Gasteiger partial charge in [0.2, 0.25) is 0 Å². The van der Waals surface area contributed by atoms with E-state index in [0.717, 1.165) is 0 Å². The summed E-state index contributed by atoms with van der Waals surface area (Å²) in [6.45, 7) is 9.59. The molecule has 1 aliphatic rings. The molecule has 0 aromatic carbocycles. The molecule has 0 radical (unpaired) electrons. The Kier molecular flexibility index (Phi) is 5.39. The van der Waals surface area contributed by atoms with Gasteiger partial charge in [0.05, 0.1) is 0 Å². The number of hydrogen-bond acceptors (Lipinski definition) is 3. The van der Waals surface area contributed by atoms with Crippen molar-refractivity contribution < 1.29 is 19.4 Å². The molecule has 0 saturated carbocycles. The van der Waals surface area contributed by atoms with E-state index in [9.17, 15) is 14.7 Å². The van der Waals surface area contributed by atoms with Gasteiger partial charge in [-0.25, -0.2) is 9.59 Å². The summed E-state index contributed by atoms with van der Waals surface area (Å²) < 4.78 is 5.16. The molecular formula is C14H26N2O4. The molecule has 6 heteroatoms. The first-order chi connectivity index (χ1) is 9.17. The molecule has 1 aliphatic heterocycles. The Morgan fingerprint density at radius 3 is 2.30 bits per heavy atom. The van der Waals surface area contributed by atoms with Crippen molar-refractivity contribution in [2.24, 2.45) is 11.3 Å². The van der Waals surface area contributed by atoms with Gasteiger partial charge in [0.15, 0.2) is 0 Å². The molecule has 0 spiro atoms. The largest absolute Gasteiger partial charge is 0.480 e. The summed E-state index contributed by atoms with van der Waals surface area (Å²) in [7, 11) is 0. The van der Waals surface area contributed by atoms with Gasteiger partial charge < -0.3 is 20.5 Å². The third-order valence-corrected chi connectivity index (χ3v) is 4.16. The SMILES string of the molecule is CC(CNC(=O)NC1(C(=O)O)CCOCC1)C(C)(C)C. The lowest BCUT2D eigenvalue weighted by molar-refractivity contribution is -0.148. The summed E-state index contributed by atoms with van der Waals surface area (Å²) in [5.74, 6) is -0.705. The summed E-state index contributed by atoms with van der Waals surface area (Å²) >= 11 is 0. The highest BCUT2D eigenvalue weighted by atomic mass is 16.5. The molecule has 1 atom stereocenters. The number of carboxylic acids is 1. The van der Waals surface area contributed by atoms with Crippen molar-refractivity contribution >= 4 is 12.0 Å². The number of amides is 2. The summed E-state index contributed by atoms with van der Waals surface area (Å²) in [5.41, 5.74) is -1.11. The fourth-order valence-electron chi connectivity index (χ4n) is 1.93. The molecular weight excluding hydrogens is 260 g/mol. The first-order valence-electron chi connectivity index (χ1n) is 7.04. The Morgan fingerprint density at radius 2 is 1.85 bits per heavy atom. The van der Waals surface area contributed by atoms with Gasteiger partial charge in [-0.05, 0) is 11.3 Å². The van der Waals surface area contributed by atoms with E-state index in [1.165, 1.54) is 0 Å². The number of hydrogen-bond donors (Lipinski definition) is 3. The van der Waals surface area contributed by atoms with Crippen molar-refractivity contribution in [3.05, 3.63) is 0 Å². The first kappa shape index (κ1) is 16.8. The third kappa shape index (κ3) is 4.37. The van der Waals surface area contributed by atoms with Crippen LogP contribution in [0.15, 0.2) is 0 Å². The highest BCUT2D eigenvalue weighted by molar-refractivity contribution is 5.86. The Bertz CT molecular complexity index is 357. The smallest absolute Gasteiger partial charge is 0.329 e. The molecule has 2 amide bonds. The van der Waals surface area contributed by atoms with Crippen LogP contribution in [0.2, 0.25) is 0 Å². The van der Waals surface area contributed by atoms with Crippen molar-refractivity contribution in [3.8, 4) is 0 Å². The predicted molar refractivity (Wildman–Crippen MR) is 75.6 cm³/mol. The molecule has 0 aromatic rings. The van der Waals surface area contributed by atoms with Gasteiger partial charge in [0.25, 0.3) is 0 Å². The summed E-state index contributed by atoms with van der Waals surface area (Å²) in [4.78, 5) is 23.3. The van der Waals surface area contributed by atoms with E-state index in [0.29, 0.717) is 38.5 Å². The number of carbonyl (C=O) groups excluding carboxylic acids is 1. The monoisotopic (exact) mass is 286 g/mol. The normalized spacial score (nSPS) is 20.0. The molecule has 20 heavy (non-hydrogen) atoms. The van der Waals surface area contributed by atoms with Crippen molar-refractivity contribution in [1.82, 2.24) is 10.6 Å². The summed E-state index contributed by atoms with van der Waals surface area (Å²) in [5, 5.41) is 14.7. The van der Waals surface area contributed by atoms with Crippen LogP contribution in [0.5, 0.6) is 0 Å². The van der Waals surface area contributed by atoms with E-state index in [2.05, 4.69) is 38.3 Å². The van der Waals surface area contributed by atoms with Crippen molar-refractivity contribution in [3.63, 3.8) is 0 Å². The van der Waals surface area contributed by atoms with Crippen molar-refractivity contribution in [1.29, 1.82) is 0 Å². The van der Waals surface area contributed by atoms with Crippen LogP contribution in [-0.4, -0.2) is 42.4 Å². The molecule has 3 N–H and O–H groups in total. The molecule has 1 heterocycles. The van der Waals surface area contributed by atoms with Crippen molar-refractivity contribution in [2.45, 2.75) is 46.1 Å². The lowest BCUT2D eigenvalue weighted by Gasteiger charge is -2.34. The van der Waals surface area contributed by atoms with Crippen LogP contribution in [0.3, 0.4) is 0 Å². The fraction of sp³-hybridized carbons (Fsp3) is 0.857. The Morgan fingerprint density at radius 1 is 1.30 bits per heavy atom. The number of ether oxygens (including phenoxy) is 1. The van der Waals surface area contributed by atoms with Crippen LogP contribution in [0.1, 0.15) is 40.5 Å². The molecule has 0 aliphatic carbocycles. The Labute approximate surface area is 120 Å².